The van der Waals surface area contributed by atoms with E-state index in [9.17, 15) is 24.3 Å². The summed E-state index contributed by atoms with van der Waals surface area (Å²) < 4.78 is 0. The lowest BCUT2D eigenvalue weighted by molar-refractivity contribution is -0.264. The van der Waals surface area contributed by atoms with Crippen molar-refractivity contribution < 1.29 is 29.1 Å². The molecule has 4 aliphatic carbocycles. The van der Waals surface area contributed by atoms with E-state index in [1.165, 1.54) is 0 Å². The van der Waals surface area contributed by atoms with E-state index < -0.39 is 34.2 Å². The molecule has 3 aromatic carbocycles. The van der Waals surface area contributed by atoms with Gasteiger partial charge in [0.1, 0.15) is 17.7 Å². The third-order valence-electron chi connectivity index (χ3n) is 17.8. The van der Waals surface area contributed by atoms with Crippen LogP contribution in [0.4, 0.5) is 0 Å². The Balaban J connectivity index is 1.39. The van der Waals surface area contributed by atoms with E-state index >= 15 is 4.79 Å². The molecule has 0 heterocycles. The van der Waals surface area contributed by atoms with Crippen molar-refractivity contribution in [3.63, 3.8) is 0 Å². The maximum atomic E-state index is 16.2. The van der Waals surface area contributed by atoms with E-state index in [1.807, 2.05) is 85.8 Å². The number of Topliss-reactive ketones (excluding diaryl/α,β-unsaturated/α-hetero) is 5. The molecule has 0 radical (unpaired) electrons. The molecule has 2 unspecified atom stereocenters. The fourth-order valence-corrected chi connectivity index (χ4v) is 14.3. The number of hydrogen-bond acceptors (Lipinski definition) is 6. The van der Waals surface area contributed by atoms with Crippen molar-refractivity contribution in [2.45, 2.75) is 125 Å². The largest absolute Gasteiger partial charge is 0.385 e. The second kappa shape index (κ2) is 17.2. The first-order chi connectivity index (χ1) is 29.3. The molecule has 0 aliphatic heterocycles. The molecule has 4 aliphatic rings. The lowest BCUT2D eigenvalue weighted by Gasteiger charge is -2.76. The van der Waals surface area contributed by atoms with Crippen molar-refractivity contribution >= 4 is 28.9 Å². The first-order valence-electron chi connectivity index (χ1n) is 23.1. The first kappa shape index (κ1) is 45.5. The highest BCUT2D eigenvalue weighted by atomic mass is 16.3. The Morgan fingerprint density at radius 2 is 1.37 bits per heavy atom. The lowest BCUT2D eigenvalue weighted by atomic mass is 9.27. The number of hydrogen-bond donors (Lipinski definition) is 1. The Bertz CT molecular complexity index is 2260. The standard InChI is InChI=1S/C56H68O6/c1-34(2)32-56-26-25-43(56)27-35(3)54(8)52(62)45(28-36(4)57)50-37(5)42(33-53(7,38(50)6)49(55(54,56)9)31-47(59)41-23-17-12-18-24-41)29-48(60)51(61)44(39-19-13-10-14-20-39)30-46(58)40-21-15-11-16-22-40/h10-24,35,38,42-45,49,51,61H,1,25-33H2,2-9H3/t35-,38-,42?,43+,44-,45+,49+,51?,53+,54-,55-,56-/m0/s1. The number of fused-ring (bicyclic) bond motifs is 5. The van der Waals surface area contributed by atoms with Crippen molar-refractivity contribution in [1.29, 1.82) is 0 Å². The molecular weight excluding hydrogens is 769 g/mol. The number of rotatable bonds is 15. The molecule has 328 valence electrons. The van der Waals surface area contributed by atoms with Gasteiger partial charge in [-0.05, 0) is 104 Å². The van der Waals surface area contributed by atoms with Crippen LogP contribution in [0.3, 0.4) is 0 Å². The summed E-state index contributed by atoms with van der Waals surface area (Å²) in [5.41, 5.74) is 2.39. The van der Waals surface area contributed by atoms with Crippen LogP contribution in [-0.4, -0.2) is 40.1 Å². The monoisotopic (exact) mass is 837 g/mol. The Morgan fingerprint density at radius 3 is 1.90 bits per heavy atom. The Morgan fingerprint density at radius 1 is 0.806 bits per heavy atom. The zero-order chi connectivity index (χ0) is 44.9. The number of aliphatic hydroxyl groups is 1. The summed E-state index contributed by atoms with van der Waals surface area (Å²) in [6, 6.07) is 27.8. The van der Waals surface area contributed by atoms with Crippen LogP contribution in [0.15, 0.2) is 114 Å². The maximum Gasteiger partial charge on any atom is 0.163 e. The van der Waals surface area contributed by atoms with Gasteiger partial charge in [-0.15, -0.1) is 6.58 Å². The average Bonchev–Trinajstić information content (AvgIpc) is 3.25. The van der Waals surface area contributed by atoms with Gasteiger partial charge in [-0.25, -0.2) is 0 Å². The van der Waals surface area contributed by atoms with Gasteiger partial charge in [-0.3, -0.25) is 24.0 Å². The normalized spacial score (nSPS) is 33.7. The van der Waals surface area contributed by atoms with Crippen molar-refractivity contribution in [2.75, 3.05) is 0 Å². The van der Waals surface area contributed by atoms with Gasteiger partial charge in [-0.2, -0.15) is 0 Å². The first-order valence-corrected chi connectivity index (χ1v) is 23.1. The Hall–Kier alpha value is -4.55. The summed E-state index contributed by atoms with van der Waals surface area (Å²) in [4.78, 5) is 73.0. The lowest BCUT2D eigenvalue weighted by Crippen LogP contribution is -2.73. The van der Waals surface area contributed by atoms with Crippen LogP contribution in [0.25, 0.3) is 0 Å². The molecule has 0 amide bonds. The molecule has 6 nitrogen and oxygen atoms in total. The van der Waals surface area contributed by atoms with E-state index in [4.69, 9.17) is 0 Å². The van der Waals surface area contributed by atoms with Crippen LogP contribution in [-0.2, 0) is 14.4 Å². The van der Waals surface area contributed by atoms with Crippen LogP contribution >= 0.6 is 0 Å². The topological polar surface area (TPSA) is 106 Å². The van der Waals surface area contributed by atoms with Crippen molar-refractivity contribution in [3.8, 4) is 0 Å². The van der Waals surface area contributed by atoms with Crippen molar-refractivity contribution in [3.05, 3.63) is 131 Å². The molecule has 3 saturated carbocycles. The SMILES string of the molecule is C=C(C)C[C@@]12CC[C@@H]1C[C@H](C)[C@@]1(C)C(=O)[C@H](CC(C)=O)C3=C(C)C(CC(=O)C(O)[C@@H](CC(=O)c4ccccc4)c4ccccc4)C[C@@](C)([C@@H](CC(=O)c4ccccc4)[C@]21C)[C@H]3C. The number of aliphatic hydroxyl groups excluding tert-OH is 1. The molecule has 7 rings (SSSR count). The van der Waals surface area contributed by atoms with Crippen molar-refractivity contribution in [1.82, 2.24) is 0 Å². The molecule has 0 saturated heterocycles. The van der Waals surface area contributed by atoms with E-state index in [-0.39, 0.29) is 83.7 Å². The summed E-state index contributed by atoms with van der Waals surface area (Å²) in [6.07, 6.45) is 3.07. The fraction of sp³-hybridized carbons (Fsp3) is 0.518. The molecular formula is C56H68O6. The molecule has 0 aromatic heterocycles. The second-order valence-corrected chi connectivity index (χ2v) is 20.8. The third-order valence-corrected chi connectivity index (χ3v) is 17.8. The Kier molecular flexibility index (Phi) is 12.6. The summed E-state index contributed by atoms with van der Waals surface area (Å²) in [5.74, 6) is -2.33. The quantitative estimate of drug-likeness (QED) is 0.121. The van der Waals surface area contributed by atoms with E-state index in [0.29, 0.717) is 29.0 Å². The summed E-state index contributed by atoms with van der Waals surface area (Å²) in [6.45, 7) is 21.4. The minimum absolute atomic E-state index is 0.00588. The van der Waals surface area contributed by atoms with Crippen LogP contribution in [0.2, 0.25) is 0 Å². The van der Waals surface area contributed by atoms with Gasteiger partial charge >= 0.3 is 0 Å². The van der Waals surface area contributed by atoms with Gasteiger partial charge in [-0.1, -0.05) is 142 Å². The maximum absolute atomic E-state index is 16.2. The van der Waals surface area contributed by atoms with E-state index in [2.05, 4.69) is 48.1 Å². The van der Waals surface area contributed by atoms with Crippen molar-refractivity contribution in [2.24, 2.45) is 57.2 Å². The highest BCUT2D eigenvalue weighted by Gasteiger charge is 2.76. The van der Waals surface area contributed by atoms with Crippen LogP contribution in [0.1, 0.15) is 145 Å². The minimum Gasteiger partial charge on any atom is -0.385 e. The van der Waals surface area contributed by atoms with Crippen LogP contribution in [0, 0.1) is 57.2 Å². The molecule has 3 fully saturated rings. The number of allylic oxidation sites excluding steroid dienone is 3. The molecule has 12 atom stereocenters. The smallest absolute Gasteiger partial charge is 0.163 e. The van der Waals surface area contributed by atoms with E-state index in [1.54, 1.807) is 19.1 Å². The molecule has 1 N–H and O–H groups in total. The number of benzene rings is 3. The number of ketones is 5. The minimum atomic E-state index is -1.46. The fourth-order valence-electron chi connectivity index (χ4n) is 14.3. The van der Waals surface area contributed by atoms with Gasteiger partial charge in [0.05, 0.1) is 0 Å². The van der Waals surface area contributed by atoms with Gasteiger partial charge < -0.3 is 5.11 Å². The molecule has 3 aromatic rings. The number of carbonyl (C=O) groups excluding carboxylic acids is 5. The zero-order valence-electron chi connectivity index (χ0n) is 38.3. The molecule has 2 bridgehead atoms. The van der Waals surface area contributed by atoms with E-state index in [0.717, 1.165) is 42.4 Å². The molecule has 62 heavy (non-hydrogen) atoms. The van der Waals surface area contributed by atoms with Gasteiger partial charge in [0.25, 0.3) is 0 Å². The van der Waals surface area contributed by atoms with Crippen LogP contribution < -0.4 is 0 Å². The molecule has 0 spiro atoms. The zero-order valence-corrected chi connectivity index (χ0v) is 38.3. The highest BCUT2D eigenvalue weighted by Crippen LogP contribution is 2.80. The summed E-state index contributed by atoms with van der Waals surface area (Å²) in [7, 11) is 0. The highest BCUT2D eigenvalue weighted by molar-refractivity contribution is 5.98. The summed E-state index contributed by atoms with van der Waals surface area (Å²) in [5, 5.41) is 12.2. The second-order valence-electron chi connectivity index (χ2n) is 20.8. The number of carbonyl (C=O) groups is 5. The third kappa shape index (κ3) is 7.36. The summed E-state index contributed by atoms with van der Waals surface area (Å²) >= 11 is 0. The molecule has 6 heteroatoms. The van der Waals surface area contributed by atoms with Gasteiger partial charge in [0, 0.05) is 54.1 Å². The Labute approximate surface area is 370 Å². The van der Waals surface area contributed by atoms with Gasteiger partial charge in [0.2, 0.25) is 0 Å². The predicted molar refractivity (Wildman–Crippen MR) is 246 cm³/mol. The van der Waals surface area contributed by atoms with Gasteiger partial charge in [0.15, 0.2) is 17.3 Å². The van der Waals surface area contributed by atoms with Crippen LogP contribution in [0.5, 0.6) is 0 Å². The average molecular weight is 837 g/mol. The predicted octanol–water partition coefficient (Wildman–Crippen LogP) is 11.8.